The van der Waals surface area contributed by atoms with Gasteiger partial charge in [0.2, 0.25) is 0 Å². The average molecular weight is 337 g/mol. The number of benzene rings is 2. The molecule has 2 N–H and O–H groups in total. The number of anilines is 1. The van der Waals surface area contributed by atoms with Crippen LogP contribution in [0, 0.1) is 5.82 Å². The topological polar surface area (TPSA) is 29.3 Å². The molecule has 0 radical (unpaired) electrons. The van der Waals surface area contributed by atoms with E-state index in [1.54, 1.807) is 6.07 Å². The van der Waals surface area contributed by atoms with Crippen LogP contribution < -0.4 is 5.73 Å². The number of nitrogens with zero attached hydrogens (tertiary/aromatic N) is 1. The van der Waals surface area contributed by atoms with E-state index in [0.29, 0.717) is 6.54 Å². The van der Waals surface area contributed by atoms with Crippen LogP contribution in [-0.4, -0.2) is 11.9 Å². The minimum absolute atomic E-state index is 0.209. The van der Waals surface area contributed by atoms with Crippen LogP contribution in [-0.2, 0) is 6.54 Å². The Bertz CT molecular complexity index is 581. The van der Waals surface area contributed by atoms with E-state index < -0.39 is 0 Å². The van der Waals surface area contributed by atoms with Gasteiger partial charge in [0.1, 0.15) is 5.82 Å². The monoisotopic (exact) mass is 336 g/mol. The van der Waals surface area contributed by atoms with Crippen molar-refractivity contribution < 1.29 is 4.39 Å². The summed E-state index contributed by atoms with van der Waals surface area (Å²) in [6.45, 7) is 2.79. The number of halogens is 2. The second-order valence-corrected chi connectivity index (χ2v) is 5.95. The quantitative estimate of drug-likeness (QED) is 0.840. The van der Waals surface area contributed by atoms with Crippen molar-refractivity contribution in [1.82, 2.24) is 4.90 Å². The first-order valence-electron chi connectivity index (χ1n) is 6.46. The van der Waals surface area contributed by atoms with E-state index in [4.69, 9.17) is 5.73 Å². The lowest BCUT2D eigenvalue weighted by Crippen LogP contribution is -2.22. The van der Waals surface area contributed by atoms with Crippen molar-refractivity contribution in [2.75, 3.05) is 12.8 Å². The van der Waals surface area contributed by atoms with Gasteiger partial charge in [-0.3, -0.25) is 4.90 Å². The van der Waals surface area contributed by atoms with Crippen molar-refractivity contribution >= 4 is 21.6 Å². The van der Waals surface area contributed by atoms with Gasteiger partial charge in [-0.1, -0.05) is 28.1 Å². The predicted molar refractivity (Wildman–Crippen MR) is 84.8 cm³/mol. The first-order valence-corrected chi connectivity index (χ1v) is 7.25. The zero-order valence-electron chi connectivity index (χ0n) is 11.6. The number of rotatable bonds is 4. The fourth-order valence-corrected chi connectivity index (χ4v) is 2.71. The lowest BCUT2D eigenvalue weighted by molar-refractivity contribution is 0.253. The Hall–Kier alpha value is -1.39. The molecule has 0 fully saturated rings. The van der Waals surface area contributed by atoms with Crippen LogP contribution >= 0.6 is 15.9 Å². The zero-order valence-corrected chi connectivity index (χ0v) is 13.2. The molecule has 0 spiro atoms. The molecule has 0 saturated carbocycles. The normalized spacial score (nSPS) is 12.7. The van der Waals surface area contributed by atoms with E-state index in [2.05, 4.69) is 33.8 Å². The summed E-state index contributed by atoms with van der Waals surface area (Å²) in [7, 11) is 2.02. The molecule has 0 aliphatic heterocycles. The maximum Gasteiger partial charge on any atom is 0.124 e. The van der Waals surface area contributed by atoms with Crippen LogP contribution in [0.4, 0.5) is 10.1 Å². The Morgan fingerprint density at radius 3 is 2.65 bits per heavy atom. The number of hydrogen-bond donors (Lipinski definition) is 1. The lowest BCUT2D eigenvalue weighted by atomic mass is 10.1. The van der Waals surface area contributed by atoms with Gasteiger partial charge in [-0.25, -0.2) is 4.39 Å². The van der Waals surface area contributed by atoms with Crippen LogP contribution in [0.1, 0.15) is 24.1 Å². The summed E-state index contributed by atoms with van der Waals surface area (Å²) >= 11 is 3.32. The fraction of sp³-hybridized carbons (Fsp3) is 0.250. The SMILES string of the molecule is CC(c1cccc(N)c1)N(C)Cc1cc(F)cc(Br)c1. The molecular weight excluding hydrogens is 319 g/mol. The van der Waals surface area contributed by atoms with Gasteiger partial charge in [0.05, 0.1) is 0 Å². The minimum atomic E-state index is -0.223. The van der Waals surface area contributed by atoms with E-state index in [1.807, 2.05) is 31.3 Å². The van der Waals surface area contributed by atoms with Crippen molar-refractivity contribution in [3.63, 3.8) is 0 Å². The van der Waals surface area contributed by atoms with Gasteiger partial charge in [0, 0.05) is 22.7 Å². The van der Waals surface area contributed by atoms with Crippen LogP contribution in [0.15, 0.2) is 46.9 Å². The fourth-order valence-electron chi connectivity index (χ4n) is 2.20. The number of nitrogen functional groups attached to an aromatic ring is 1. The number of hydrogen-bond acceptors (Lipinski definition) is 2. The van der Waals surface area contributed by atoms with Gasteiger partial charge >= 0.3 is 0 Å². The summed E-state index contributed by atoms with van der Waals surface area (Å²) in [5.41, 5.74) is 8.67. The maximum atomic E-state index is 13.4. The van der Waals surface area contributed by atoms with Gasteiger partial charge in [0.15, 0.2) is 0 Å². The van der Waals surface area contributed by atoms with Crippen molar-refractivity contribution in [3.8, 4) is 0 Å². The third kappa shape index (κ3) is 3.81. The molecule has 0 amide bonds. The summed E-state index contributed by atoms with van der Waals surface area (Å²) < 4.78 is 14.2. The molecule has 106 valence electrons. The molecule has 2 aromatic rings. The summed E-state index contributed by atoms with van der Waals surface area (Å²) in [6, 6.07) is 13.0. The Labute approximate surface area is 127 Å². The van der Waals surface area contributed by atoms with E-state index in [1.165, 1.54) is 6.07 Å². The predicted octanol–water partition coefficient (Wildman–Crippen LogP) is 4.36. The van der Waals surface area contributed by atoms with Crippen LogP contribution in [0.2, 0.25) is 0 Å². The molecule has 0 saturated heterocycles. The second-order valence-electron chi connectivity index (χ2n) is 5.04. The Kier molecular flexibility index (Phi) is 4.78. The Morgan fingerprint density at radius 2 is 2.00 bits per heavy atom. The Morgan fingerprint density at radius 1 is 1.25 bits per heavy atom. The second kappa shape index (κ2) is 6.37. The lowest BCUT2D eigenvalue weighted by Gasteiger charge is -2.25. The maximum absolute atomic E-state index is 13.4. The van der Waals surface area contributed by atoms with Gasteiger partial charge < -0.3 is 5.73 Å². The van der Waals surface area contributed by atoms with Crippen molar-refractivity contribution in [2.45, 2.75) is 19.5 Å². The molecule has 2 rings (SSSR count). The standard InChI is InChI=1S/C16H18BrFN2/c1-11(13-4-3-5-16(19)8-13)20(2)10-12-6-14(17)9-15(18)7-12/h3-9,11H,10,19H2,1-2H3. The van der Waals surface area contributed by atoms with Crippen LogP contribution in [0.25, 0.3) is 0 Å². The molecule has 2 aromatic carbocycles. The van der Waals surface area contributed by atoms with Crippen molar-refractivity contribution in [1.29, 1.82) is 0 Å². The van der Waals surface area contributed by atoms with Crippen LogP contribution in [0.3, 0.4) is 0 Å². The summed E-state index contributed by atoms with van der Waals surface area (Å²) in [5.74, 6) is -0.223. The average Bonchev–Trinajstić information content (AvgIpc) is 2.36. The van der Waals surface area contributed by atoms with E-state index in [0.717, 1.165) is 21.3 Å². The molecular formula is C16H18BrFN2. The smallest absolute Gasteiger partial charge is 0.124 e. The Balaban J connectivity index is 2.13. The van der Waals surface area contributed by atoms with Crippen molar-refractivity contribution in [3.05, 3.63) is 63.9 Å². The molecule has 0 heterocycles. The third-order valence-corrected chi connectivity index (χ3v) is 3.87. The molecule has 1 unspecified atom stereocenters. The van der Waals surface area contributed by atoms with Gasteiger partial charge in [0.25, 0.3) is 0 Å². The zero-order chi connectivity index (χ0) is 14.7. The first kappa shape index (κ1) is 15.0. The first-order chi connectivity index (χ1) is 9.45. The van der Waals surface area contributed by atoms with Gasteiger partial charge in [-0.05, 0) is 55.4 Å². The molecule has 1 atom stereocenters. The summed E-state index contributed by atoms with van der Waals surface area (Å²) in [6.07, 6.45) is 0. The van der Waals surface area contributed by atoms with Gasteiger partial charge in [-0.15, -0.1) is 0 Å². The molecule has 2 nitrogen and oxygen atoms in total. The highest BCUT2D eigenvalue weighted by atomic mass is 79.9. The third-order valence-electron chi connectivity index (χ3n) is 3.41. The summed E-state index contributed by atoms with van der Waals surface area (Å²) in [4.78, 5) is 2.16. The molecule has 0 aromatic heterocycles. The summed E-state index contributed by atoms with van der Waals surface area (Å²) in [5, 5.41) is 0. The molecule has 0 aliphatic rings. The highest BCUT2D eigenvalue weighted by molar-refractivity contribution is 9.10. The van der Waals surface area contributed by atoms with E-state index in [-0.39, 0.29) is 11.9 Å². The molecule has 0 aliphatic carbocycles. The van der Waals surface area contributed by atoms with E-state index >= 15 is 0 Å². The van der Waals surface area contributed by atoms with Crippen molar-refractivity contribution in [2.24, 2.45) is 0 Å². The van der Waals surface area contributed by atoms with Crippen LogP contribution in [0.5, 0.6) is 0 Å². The molecule has 20 heavy (non-hydrogen) atoms. The highest BCUT2D eigenvalue weighted by Crippen LogP contribution is 2.23. The molecule has 0 bridgehead atoms. The van der Waals surface area contributed by atoms with Gasteiger partial charge in [-0.2, -0.15) is 0 Å². The van der Waals surface area contributed by atoms with E-state index in [9.17, 15) is 4.39 Å². The minimum Gasteiger partial charge on any atom is -0.399 e. The molecule has 4 heteroatoms. The number of nitrogens with two attached hydrogens (primary N) is 1. The highest BCUT2D eigenvalue weighted by Gasteiger charge is 2.13. The largest absolute Gasteiger partial charge is 0.399 e.